The van der Waals surface area contributed by atoms with E-state index in [1.807, 2.05) is 48.5 Å². The number of rotatable bonds is 3. The number of hydrogen-bond acceptors (Lipinski definition) is 4. The molecule has 3 aromatic rings. The summed E-state index contributed by atoms with van der Waals surface area (Å²) < 4.78 is 5.87. The molecule has 1 atom stereocenters. The molecule has 0 bridgehead atoms. The van der Waals surface area contributed by atoms with Gasteiger partial charge < -0.3 is 15.0 Å². The molecule has 0 unspecified atom stereocenters. The largest absolute Gasteiger partial charge is 0.477 e. The molecule has 4 rings (SSSR count). The van der Waals surface area contributed by atoms with Gasteiger partial charge in [0.05, 0.1) is 17.7 Å². The lowest BCUT2D eigenvalue weighted by molar-refractivity contribution is -0.127. The molecule has 1 aromatic heterocycles. The Morgan fingerprint density at radius 3 is 2.96 bits per heavy atom. The van der Waals surface area contributed by atoms with Gasteiger partial charge in [-0.3, -0.25) is 9.78 Å². The molecule has 2 aromatic carbocycles. The zero-order valence-electron chi connectivity index (χ0n) is 14.3. The maximum atomic E-state index is 12.2. The van der Waals surface area contributed by atoms with Crippen LogP contribution < -0.4 is 15.0 Å². The number of hydrogen-bond donors (Lipinski definition) is 1. The maximum Gasteiger partial charge on any atom is 0.262 e. The lowest BCUT2D eigenvalue weighted by Gasteiger charge is -2.35. The number of nitrogens with zero attached hydrogens (tertiary/aromatic N) is 2. The highest BCUT2D eigenvalue weighted by molar-refractivity contribution is 6.32. The number of nitrogens with one attached hydrogen (secondary N) is 1. The van der Waals surface area contributed by atoms with Crippen LogP contribution in [0.15, 0.2) is 54.7 Å². The zero-order chi connectivity index (χ0) is 18.1. The topological polar surface area (TPSA) is 54.5 Å². The Morgan fingerprint density at radius 2 is 2.12 bits per heavy atom. The predicted molar refractivity (Wildman–Crippen MR) is 103 cm³/mol. The number of ether oxygens (including phenoxy) is 1. The summed E-state index contributed by atoms with van der Waals surface area (Å²) in [6.07, 6.45) is 1.19. The molecular formula is C20H18ClN3O2. The van der Waals surface area contributed by atoms with Gasteiger partial charge in [-0.15, -0.1) is 0 Å². The molecule has 0 fully saturated rings. The van der Waals surface area contributed by atoms with Crippen molar-refractivity contribution in [3.8, 4) is 5.75 Å². The van der Waals surface area contributed by atoms with Crippen molar-refractivity contribution < 1.29 is 9.53 Å². The number of likely N-dealkylation sites (N-methyl/N-ethyl adjacent to an activating group) is 1. The van der Waals surface area contributed by atoms with E-state index in [0.717, 1.165) is 22.2 Å². The SMILES string of the molecule is CNC(=O)[C@@H]1CN(Cc2c(Cl)ccc3cccnc23)c2ccccc2O1. The van der Waals surface area contributed by atoms with Crippen molar-refractivity contribution in [3.05, 3.63) is 65.3 Å². The van der Waals surface area contributed by atoms with Crippen LogP contribution in [-0.4, -0.2) is 30.6 Å². The number of anilines is 1. The molecular weight excluding hydrogens is 350 g/mol. The van der Waals surface area contributed by atoms with Crippen LogP contribution in [0, 0.1) is 0 Å². The fraction of sp³-hybridized carbons (Fsp3) is 0.200. The number of aromatic nitrogens is 1. The van der Waals surface area contributed by atoms with Crippen molar-refractivity contribution in [2.45, 2.75) is 12.6 Å². The molecule has 0 radical (unpaired) electrons. The van der Waals surface area contributed by atoms with Gasteiger partial charge in [0.1, 0.15) is 5.75 Å². The third-order valence-electron chi connectivity index (χ3n) is 4.57. The molecule has 0 spiro atoms. The number of carbonyl (C=O) groups is 1. The van der Waals surface area contributed by atoms with Gasteiger partial charge in [0, 0.05) is 35.8 Å². The highest BCUT2D eigenvalue weighted by atomic mass is 35.5. The summed E-state index contributed by atoms with van der Waals surface area (Å²) in [5.41, 5.74) is 2.76. The van der Waals surface area contributed by atoms with E-state index in [9.17, 15) is 4.79 Å². The van der Waals surface area contributed by atoms with E-state index in [4.69, 9.17) is 16.3 Å². The van der Waals surface area contributed by atoms with Crippen molar-refractivity contribution in [2.75, 3.05) is 18.5 Å². The second-order valence-corrected chi connectivity index (χ2v) is 6.58. The molecule has 0 saturated heterocycles. The summed E-state index contributed by atoms with van der Waals surface area (Å²) in [5.74, 6) is 0.545. The lowest BCUT2D eigenvalue weighted by Crippen LogP contribution is -2.48. The van der Waals surface area contributed by atoms with Crippen LogP contribution in [0.2, 0.25) is 5.02 Å². The van der Waals surface area contributed by atoms with Crippen molar-refractivity contribution in [1.82, 2.24) is 10.3 Å². The van der Waals surface area contributed by atoms with E-state index in [2.05, 4.69) is 15.2 Å². The zero-order valence-corrected chi connectivity index (χ0v) is 15.0. The minimum atomic E-state index is -0.573. The fourth-order valence-corrected chi connectivity index (χ4v) is 3.49. The van der Waals surface area contributed by atoms with E-state index in [-0.39, 0.29) is 5.91 Å². The molecule has 1 aliphatic rings. The lowest BCUT2D eigenvalue weighted by atomic mass is 10.1. The molecule has 1 amide bonds. The van der Waals surface area contributed by atoms with E-state index in [1.54, 1.807) is 13.2 Å². The Hall–Kier alpha value is -2.79. The van der Waals surface area contributed by atoms with Gasteiger partial charge in [-0.05, 0) is 24.3 Å². The third kappa shape index (κ3) is 2.95. The normalized spacial score (nSPS) is 16.1. The average Bonchev–Trinajstić information content (AvgIpc) is 2.69. The molecule has 6 heteroatoms. The molecule has 0 aliphatic carbocycles. The van der Waals surface area contributed by atoms with Crippen molar-refractivity contribution in [3.63, 3.8) is 0 Å². The molecule has 1 aliphatic heterocycles. The first-order valence-corrected chi connectivity index (χ1v) is 8.79. The summed E-state index contributed by atoms with van der Waals surface area (Å²) in [6.45, 7) is 0.983. The van der Waals surface area contributed by atoms with Crippen LogP contribution in [-0.2, 0) is 11.3 Å². The van der Waals surface area contributed by atoms with Crippen LogP contribution in [0.4, 0.5) is 5.69 Å². The summed E-state index contributed by atoms with van der Waals surface area (Å²) in [7, 11) is 1.61. The van der Waals surface area contributed by atoms with E-state index >= 15 is 0 Å². The van der Waals surface area contributed by atoms with Gasteiger partial charge in [-0.2, -0.15) is 0 Å². The van der Waals surface area contributed by atoms with Gasteiger partial charge in [-0.1, -0.05) is 35.9 Å². The molecule has 26 heavy (non-hydrogen) atoms. The Morgan fingerprint density at radius 1 is 1.27 bits per heavy atom. The number of para-hydroxylation sites is 2. The van der Waals surface area contributed by atoms with E-state index in [0.29, 0.717) is 23.9 Å². The fourth-order valence-electron chi connectivity index (χ4n) is 3.28. The Bertz CT molecular complexity index is 976. The average molecular weight is 368 g/mol. The molecule has 2 heterocycles. The minimum absolute atomic E-state index is 0.147. The minimum Gasteiger partial charge on any atom is -0.477 e. The van der Waals surface area contributed by atoms with E-state index in [1.165, 1.54) is 0 Å². The van der Waals surface area contributed by atoms with Crippen molar-refractivity contribution in [1.29, 1.82) is 0 Å². The predicted octanol–water partition coefficient (Wildman–Crippen LogP) is 3.40. The van der Waals surface area contributed by atoms with Gasteiger partial charge in [-0.25, -0.2) is 0 Å². The molecule has 132 valence electrons. The second-order valence-electron chi connectivity index (χ2n) is 6.17. The van der Waals surface area contributed by atoms with Gasteiger partial charge in [0.25, 0.3) is 5.91 Å². The molecule has 1 N–H and O–H groups in total. The van der Waals surface area contributed by atoms with Gasteiger partial charge in [0.15, 0.2) is 6.10 Å². The van der Waals surface area contributed by atoms with Crippen LogP contribution >= 0.6 is 11.6 Å². The van der Waals surface area contributed by atoms with Gasteiger partial charge in [0.2, 0.25) is 0 Å². The van der Waals surface area contributed by atoms with E-state index < -0.39 is 6.10 Å². The van der Waals surface area contributed by atoms with Crippen LogP contribution in [0.3, 0.4) is 0 Å². The Balaban J connectivity index is 1.76. The Kier molecular flexibility index (Phi) is 4.39. The number of halogens is 1. The maximum absolute atomic E-state index is 12.2. The summed E-state index contributed by atoms with van der Waals surface area (Å²) >= 11 is 6.50. The second kappa shape index (κ2) is 6.84. The number of carbonyl (C=O) groups excluding carboxylic acids is 1. The number of amides is 1. The van der Waals surface area contributed by atoms with Crippen LogP contribution in [0.1, 0.15) is 5.56 Å². The van der Waals surface area contributed by atoms with Crippen molar-refractivity contribution in [2.24, 2.45) is 0 Å². The number of fused-ring (bicyclic) bond motifs is 2. The first-order chi connectivity index (χ1) is 12.7. The first-order valence-electron chi connectivity index (χ1n) is 8.41. The number of benzene rings is 2. The number of pyridine rings is 1. The summed E-state index contributed by atoms with van der Waals surface area (Å²) in [5, 5.41) is 4.36. The smallest absolute Gasteiger partial charge is 0.262 e. The summed E-state index contributed by atoms with van der Waals surface area (Å²) in [6, 6.07) is 15.5. The third-order valence-corrected chi connectivity index (χ3v) is 4.93. The van der Waals surface area contributed by atoms with Crippen LogP contribution in [0.5, 0.6) is 5.75 Å². The quantitative estimate of drug-likeness (QED) is 0.770. The monoisotopic (exact) mass is 367 g/mol. The standard InChI is InChI=1S/C20H18ClN3O2/c1-22-20(25)18-12-24(16-6-2-3-7-17(16)26-18)11-14-15(21)9-8-13-5-4-10-23-19(13)14/h2-10,18H,11-12H2,1H3,(H,22,25)/t18-/m0/s1. The van der Waals surface area contributed by atoms with Crippen molar-refractivity contribution >= 4 is 34.1 Å². The van der Waals surface area contributed by atoms with Gasteiger partial charge >= 0.3 is 0 Å². The Labute approximate surface area is 156 Å². The highest BCUT2D eigenvalue weighted by Gasteiger charge is 2.30. The molecule has 5 nitrogen and oxygen atoms in total. The summed E-state index contributed by atoms with van der Waals surface area (Å²) in [4.78, 5) is 18.8. The highest BCUT2D eigenvalue weighted by Crippen LogP contribution is 2.36. The van der Waals surface area contributed by atoms with Crippen LogP contribution in [0.25, 0.3) is 10.9 Å². The molecule has 0 saturated carbocycles. The first kappa shape index (κ1) is 16.7.